The number of fused-ring (bicyclic) bond motifs is 1. The third-order valence-electron chi connectivity index (χ3n) is 4.20. The molecule has 2 rings (SSSR count). The summed E-state index contributed by atoms with van der Waals surface area (Å²) in [6.45, 7) is 8.71. The van der Waals surface area contributed by atoms with Gasteiger partial charge in [0, 0.05) is 5.56 Å². The molecular weight excluding hydrogens is 334 g/mol. The van der Waals surface area contributed by atoms with Crippen LogP contribution in [0.1, 0.15) is 68.6 Å². The quantitative estimate of drug-likeness (QED) is 0.591. The standard InChI is InChI=1S/C20H27NO5/c1-6-25-18(23)12-21(19(24)26-20(3,4)5)17-10-8-15-11-14(13(2)22)7-9-16(15)17/h7,9,11,17H,6,8,10,12H2,1-5H3. The van der Waals surface area contributed by atoms with Gasteiger partial charge in [-0.3, -0.25) is 14.5 Å². The largest absolute Gasteiger partial charge is 0.465 e. The van der Waals surface area contributed by atoms with Crippen LogP contribution in [0.2, 0.25) is 0 Å². The van der Waals surface area contributed by atoms with Gasteiger partial charge in [0.2, 0.25) is 0 Å². The van der Waals surface area contributed by atoms with Gasteiger partial charge in [-0.25, -0.2) is 4.79 Å². The minimum Gasteiger partial charge on any atom is -0.465 e. The number of hydrogen-bond donors (Lipinski definition) is 0. The number of Topliss-reactive ketones (excluding diaryl/α,β-unsaturated/α-hetero) is 1. The highest BCUT2D eigenvalue weighted by molar-refractivity contribution is 5.94. The van der Waals surface area contributed by atoms with Crippen molar-refractivity contribution in [1.82, 2.24) is 4.90 Å². The lowest BCUT2D eigenvalue weighted by Gasteiger charge is -2.31. The summed E-state index contributed by atoms with van der Waals surface area (Å²) >= 11 is 0. The molecule has 0 saturated heterocycles. The topological polar surface area (TPSA) is 72.9 Å². The lowest BCUT2D eigenvalue weighted by Crippen LogP contribution is -2.42. The van der Waals surface area contributed by atoms with Gasteiger partial charge in [0.1, 0.15) is 12.1 Å². The van der Waals surface area contributed by atoms with Crippen LogP contribution < -0.4 is 0 Å². The molecule has 1 aliphatic rings. The molecule has 142 valence electrons. The number of aryl methyl sites for hydroxylation is 1. The molecule has 0 aliphatic heterocycles. The average molecular weight is 361 g/mol. The molecule has 1 aromatic carbocycles. The molecule has 0 bridgehead atoms. The number of esters is 1. The summed E-state index contributed by atoms with van der Waals surface area (Å²) in [4.78, 5) is 37.8. The maximum Gasteiger partial charge on any atom is 0.411 e. The van der Waals surface area contributed by atoms with E-state index >= 15 is 0 Å². The number of rotatable bonds is 5. The number of ether oxygens (including phenoxy) is 2. The van der Waals surface area contributed by atoms with E-state index in [1.165, 1.54) is 11.8 Å². The van der Waals surface area contributed by atoms with Crippen LogP contribution in [0.25, 0.3) is 0 Å². The van der Waals surface area contributed by atoms with Crippen LogP contribution >= 0.6 is 0 Å². The second kappa shape index (κ2) is 7.89. The van der Waals surface area contributed by atoms with Gasteiger partial charge < -0.3 is 9.47 Å². The van der Waals surface area contributed by atoms with Crippen molar-refractivity contribution in [3.63, 3.8) is 0 Å². The van der Waals surface area contributed by atoms with Gasteiger partial charge in [-0.15, -0.1) is 0 Å². The van der Waals surface area contributed by atoms with E-state index in [1.54, 1.807) is 33.8 Å². The minimum absolute atomic E-state index is 0.00627. The molecule has 0 heterocycles. The molecule has 26 heavy (non-hydrogen) atoms. The Balaban J connectivity index is 2.30. The Bertz CT molecular complexity index is 705. The summed E-state index contributed by atoms with van der Waals surface area (Å²) in [6, 6.07) is 5.23. The van der Waals surface area contributed by atoms with Crippen molar-refractivity contribution in [2.24, 2.45) is 0 Å². The Morgan fingerprint density at radius 3 is 2.50 bits per heavy atom. The summed E-state index contributed by atoms with van der Waals surface area (Å²) < 4.78 is 10.5. The maximum atomic E-state index is 12.7. The molecule has 1 atom stereocenters. The summed E-state index contributed by atoms with van der Waals surface area (Å²) in [6.07, 6.45) is 0.873. The molecule has 1 amide bonds. The van der Waals surface area contributed by atoms with Crippen LogP contribution in [0.4, 0.5) is 4.79 Å². The fraction of sp³-hybridized carbons (Fsp3) is 0.550. The van der Waals surface area contributed by atoms with Crippen molar-refractivity contribution < 1.29 is 23.9 Å². The van der Waals surface area contributed by atoms with E-state index in [4.69, 9.17) is 9.47 Å². The molecule has 6 nitrogen and oxygen atoms in total. The Morgan fingerprint density at radius 1 is 1.23 bits per heavy atom. The summed E-state index contributed by atoms with van der Waals surface area (Å²) in [7, 11) is 0. The van der Waals surface area contributed by atoms with Crippen LogP contribution in [-0.2, 0) is 20.7 Å². The molecule has 1 aromatic rings. The number of carbonyl (C=O) groups excluding carboxylic acids is 3. The van der Waals surface area contributed by atoms with Crippen LogP contribution in [0.3, 0.4) is 0 Å². The van der Waals surface area contributed by atoms with Gasteiger partial charge in [0.15, 0.2) is 5.78 Å². The Hall–Kier alpha value is -2.37. The summed E-state index contributed by atoms with van der Waals surface area (Å²) in [5.74, 6) is -0.459. The lowest BCUT2D eigenvalue weighted by molar-refractivity contribution is -0.145. The zero-order valence-electron chi connectivity index (χ0n) is 16.1. The van der Waals surface area contributed by atoms with Crippen LogP contribution in [0.5, 0.6) is 0 Å². The van der Waals surface area contributed by atoms with E-state index in [2.05, 4.69) is 0 Å². The van der Waals surface area contributed by atoms with Gasteiger partial charge >= 0.3 is 12.1 Å². The first-order valence-corrected chi connectivity index (χ1v) is 8.91. The Kier molecular flexibility index (Phi) is 6.05. The highest BCUT2D eigenvalue weighted by Crippen LogP contribution is 2.37. The predicted octanol–water partition coefficient (Wildman–Crippen LogP) is 3.68. The first kappa shape index (κ1) is 19.9. The fourth-order valence-corrected chi connectivity index (χ4v) is 3.11. The highest BCUT2D eigenvalue weighted by atomic mass is 16.6. The fourth-order valence-electron chi connectivity index (χ4n) is 3.11. The Labute approximate surface area is 154 Å². The third kappa shape index (κ3) is 4.84. The molecule has 0 spiro atoms. The highest BCUT2D eigenvalue weighted by Gasteiger charge is 2.35. The molecule has 1 aliphatic carbocycles. The normalized spacial score (nSPS) is 16.0. The summed E-state index contributed by atoms with van der Waals surface area (Å²) in [5.41, 5.74) is 1.97. The predicted molar refractivity (Wildman–Crippen MR) is 97.1 cm³/mol. The number of nitrogens with zero attached hydrogens (tertiary/aromatic N) is 1. The van der Waals surface area contributed by atoms with E-state index in [-0.39, 0.29) is 25.0 Å². The summed E-state index contributed by atoms with van der Waals surface area (Å²) in [5, 5.41) is 0. The average Bonchev–Trinajstić information content (AvgIpc) is 2.93. The molecule has 0 N–H and O–H groups in total. The second-order valence-electron chi connectivity index (χ2n) is 7.44. The van der Waals surface area contributed by atoms with Crippen molar-refractivity contribution in [2.45, 2.75) is 59.1 Å². The maximum absolute atomic E-state index is 12.7. The van der Waals surface area contributed by atoms with E-state index < -0.39 is 17.7 Å². The van der Waals surface area contributed by atoms with E-state index in [0.29, 0.717) is 12.0 Å². The molecule has 0 fully saturated rings. The van der Waals surface area contributed by atoms with Gasteiger partial charge in [0.05, 0.1) is 12.6 Å². The molecule has 1 unspecified atom stereocenters. The van der Waals surface area contributed by atoms with Crippen molar-refractivity contribution in [3.05, 3.63) is 34.9 Å². The molecule has 0 radical (unpaired) electrons. The van der Waals surface area contributed by atoms with E-state index in [0.717, 1.165) is 17.5 Å². The monoisotopic (exact) mass is 361 g/mol. The number of ketones is 1. The zero-order valence-corrected chi connectivity index (χ0v) is 16.1. The number of amides is 1. The third-order valence-corrected chi connectivity index (χ3v) is 4.20. The van der Waals surface area contributed by atoms with Crippen molar-refractivity contribution in [3.8, 4) is 0 Å². The van der Waals surface area contributed by atoms with E-state index in [1.807, 2.05) is 12.1 Å². The van der Waals surface area contributed by atoms with E-state index in [9.17, 15) is 14.4 Å². The molecule has 6 heteroatoms. The van der Waals surface area contributed by atoms with Crippen LogP contribution in [0, 0.1) is 0 Å². The zero-order chi connectivity index (χ0) is 19.5. The van der Waals surface area contributed by atoms with Crippen molar-refractivity contribution in [2.75, 3.05) is 13.2 Å². The number of benzene rings is 1. The lowest BCUT2D eigenvalue weighted by atomic mass is 10.0. The minimum atomic E-state index is -0.663. The van der Waals surface area contributed by atoms with Gasteiger partial charge in [0.25, 0.3) is 0 Å². The number of carbonyl (C=O) groups is 3. The Morgan fingerprint density at radius 2 is 1.92 bits per heavy atom. The van der Waals surface area contributed by atoms with Gasteiger partial charge in [-0.05, 0) is 64.7 Å². The smallest absolute Gasteiger partial charge is 0.411 e. The van der Waals surface area contributed by atoms with Crippen LogP contribution in [-0.4, -0.2) is 41.5 Å². The van der Waals surface area contributed by atoms with Crippen molar-refractivity contribution >= 4 is 17.8 Å². The van der Waals surface area contributed by atoms with Crippen molar-refractivity contribution in [1.29, 1.82) is 0 Å². The molecule has 0 aromatic heterocycles. The SMILES string of the molecule is CCOC(=O)CN(C(=O)OC(C)(C)C)C1CCc2cc(C(C)=O)ccc21. The van der Waals surface area contributed by atoms with Crippen LogP contribution in [0.15, 0.2) is 18.2 Å². The number of hydrogen-bond acceptors (Lipinski definition) is 5. The van der Waals surface area contributed by atoms with Gasteiger partial charge in [-0.2, -0.15) is 0 Å². The molecule has 0 saturated carbocycles. The first-order chi connectivity index (χ1) is 12.1. The molecular formula is C20H27NO5. The second-order valence-corrected chi connectivity index (χ2v) is 7.44. The van der Waals surface area contributed by atoms with Gasteiger partial charge in [-0.1, -0.05) is 12.1 Å². The first-order valence-electron chi connectivity index (χ1n) is 8.91.